The van der Waals surface area contributed by atoms with E-state index in [0.717, 1.165) is 27.0 Å². The van der Waals surface area contributed by atoms with E-state index in [0.29, 0.717) is 5.15 Å². The van der Waals surface area contributed by atoms with Gasteiger partial charge in [-0.15, -0.1) is 0 Å². The van der Waals surface area contributed by atoms with Crippen LogP contribution in [0.15, 0.2) is 47.1 Å². The molecule has 0 fully saturated rings. The fourth-order valence-corrected chi connectivity index (χ4v) is 2.49. The smallest absolute Gasteiger partial charge is 0.164 e. The molecular formula is C15H11BrClN3. The number of nitrogens with zero attached hydrogens (tertiary/aromatic N) is 3. The molecule has 0 radical (unpaired) electrons. The molecule has 3 nitrogen and oxygen atoms in total. The Hall–Kier alpha value is -1.65. The van der Waals surface area contributed by atoms with Crippen molar-refractivity contribution in [2.24, 2.45) is 0 Å². The van der Waals surface area contributed by atoms with Crippen molar-refractivity contribution in [1.82, 2.24) is 14.6 Å². The minimum Gasteiger partial charge on any atom is -0.228 e. The molecule has 0 aliphatic carbocycles. The summed E-state index contributed by atoms with van der Waals surface area (Å²) < 4.78 is 2.64. The summed E-state index contributed by atoms with van der Waals surface area (Å²) >= 11 is 9.72. The molecule has 2 heterocycles. The number of allylic oxidation sites excluding steroid dienone is 1. The van der Waals surface area contributed by atoms with Crippen molar-refractivity contribution in [3.63, 3.8) is 0 Å². The number of halogens is 2. The van der Waals surface area contributed by atoms with E-state index in [-0.39, 0.29) is 0 Å². The Morgan fingerprint density at radius 1 is 1.30 bits per heavy atom. The number of hydrogen-bond donors (Lipinski definition) is 0. The summed E-state index contributed by atoms with van der Waals surface area (Å²) in [7, 11) is 0. The lowest BCUT2D eigenvalue weighted by Crippen LogP contribution is -1.95. The highest BCUT2D eigenvalue weighted by molar-refractivity contribution is 9.11. The van der Waals surface area contributed by atoms with Crippen LogP contribution in [0, 0.1) is 0 Å². The van der Waals surface area contributed by atoms with Gasteiger partial charge in [-0.3, -0.25) is 0 Å². The van der Waals surface area contributed by atoms with Gasteiger partial charge in [-0.1, -0.05) is 57.9 Å². The lowest BCUT2D eigenvalue weighted by atomic mass is 10.1. The van der Waals surface area contributed by atoms with Gasteiger partial charge in [0.25, 0.3) is 0 Å². The number of aromatic nitrogens is 3. The van der Waals surface area contributed by atoms with Gasteiger partial charge in [-0.25, -0.2) is 9.50 Å². The van der Waals surface area contributed by atoms with Gasteiger partial charge in [0.2, 0.25) is 0 Å². The van der Waals surface area contributed by atoms with Crippen molar-refractivity contribution in [2.75, 3.05) is 0 Å². The molecule has 0 bridgehead atoms. The summed E-state index contributed by atoms with van der Waals surface area (Å²) in [5, 5.41) is 4.81. The van der Waals surface area contributed by atoms with E-state index >= 15 is 0 Å². The second-order valence-corrected chi connectivity index (χ2v) is 6.03. The number of benzene rings is 1. The van der Waals surface area contributed by atoms with E-state index in [1.165, 1.54) is 0 Å². The van der Waals surface area contributed by atoms with Gasteiger partial charge in [0.1, 0.15) is 5.15 Å². The molecule has 5 heteroatoms. The summed E-state index contributed by atoms with van der Waals surface area (Å²) in [6.45, 7) is 1.96. The van der Waals surface area contributed by atoms with Crippen LogP contribution in [0.25, 0.3) is 23.0 Å². The molecule has 0 aliphatic rings. The molecule has 3 rings (SSSR count). The third kappa shape index (κ3) is 2.49. The predicted molar refractivity (Wildman–Crippen MR) is 86.0 cm³/mol. The Morgan fingerprint density at radius 2 is 2.05 bits per heavy atom. The summed E-state index contributed by atoms with van der Waals surface area (Å²) in [5.74, 6) is 0. The molecule has 0 spiro atoms. The molecule has 0 unspecified atom stereocenters. The van der Waals surface area contributed by atoms with Crippen LogP contribution < -0.4 is 0 Å². The topological polar surface area (TPSA) is 30.2 Å². The predicted octanol–water partition coefficient (Wildman–Crippen LogP) is 4.81. The van der Waals surface area contributed by atoms with Gasteiger partial charge >= 0.3 is 0 Å². The quantitative estimate of drug-likeness (QED) is 0.622. The van der Waals surface area contributed by atoms with Crippen LogP contribution in [-0.4, -0.2) is 14.6 Å². The normalized spacial score (nSPS) is 12.1. The lowest BCUT2D eigenvalue weighted by Gasteiger charge is -2.04. The van der Waals surface area contributed by atoms with E-state index in [1.54, 1.807) is 10.7 Å². The van der Waals surface area contributed by atoms with Crippen LogP contribution in [0.1, 0.15) is 12.5 Å². The van der Waals surface area contributed by atoms with Crippen molar-refractivity contribution in [3.8, 4) is 11.3 Å². The Balaban J connectivity index is 2.24. The summed E-state index contributed by atoms with van der Waals surface area (Å²) in [5.41, 5.74) is 3.54. The number of hydrogen-bond acceptors (Lipinski definition) is 2. The van der Waals surface area contributed by atoms with Crippen molar-refractivity contribution >= 4 is 39.3 Å². The zero-order chi connectivity index (χ0) is 14.1. The highest BCUT2D eigenvalue weighted by Crippen LogP contribution is 2.24. The van der Waals surface area contributed by atoms with Gasteiger partial charge in [0, 0.05) is 17.2 Å². The van der Waals surface area contributed by atoms with E-state index in [2.05, 4.69) is 26.0 Å². The van der Waals surface area contributed by atoms with Crippen molar-refractivity contribution in [1.29, 1.82) is 0 Å². The first-order chi connectivity index (χ1) is 9.65. The molecule has 3 aromatic rings. The fourth-order valence-electron chi connectivity index (χ4n) is 2.02. The molecule has 20 heavy (non-hydrogen) atoms. The maximum Gasteiger partial charge on any atom is 0.164 e. The Morgan fingerprint density at radius 3 is 2.75 bits per heavy atom. The number of rotatable bonds is 2. The molecule has 1 aromatic carbocycles. The second-order valence-electron chi connectivity index (χ2n) is 4.40. The largest absolute Gasteiger partial charge is 0.228 e. The minimum atomic E-state index is 0.542. The van der Waals surface area contributed by atoms with Crippen molar-refractivity contribution in [3.05, 3.63) is 57.8 Å². The fraction of sp³-hybridized carbons (Fsp3) is 0.0667. The number of fused-ring (bicyclic) bond motifs is 1. The third-order valence-electron chi connectivity index (χ3n) is 2.88. The van der Waals surface area contributed by atoms with E-state index in [9.17, 15) is 0 Å². The molecule has 0 saturated heterocycles. The van der Waals surface area contributed by atoms with Gasteiger partial charge in [-0.05, 0) is 17.5 Å². The van der Waals surface area contributed by atoms with E-state index < -0.39 is 0 Å². The molecule has 2 aromatic heterocycles. The first-order valence-corrected chi connectivity index (χ1v) is 7.26. The Labute approximate surface area is 130 Å². The monoisotopic (exact) mass is 347 g/mol. The summed E-state index contributed by atoms with van der Waals surface area (Å²) in [6, 6.07) is 11.8. The highest BCUT2D eigenvalue weighted by atomic mass is 79.9. The lowest BCUT2D eigenvalue weighted by molar-refractivity contribution is 0.942. The maximum atomic E-state index is 6.29. The highest BCUT2D eigenvalue weighted by Gasteiger charge is 2.10. The summed E-state index contributed by atoms with van der Waals surface area (Å²) in [4.78, 5) is 4.67. The van der Waals surface area contributed by atoms with Gasteiger partial charge in [0.05, 0.1) is 11.9 Å². The molecule has 0 aliphatic heterocycles. The molecule has 0 atom stereocenters. The minimum absolute atomic E-state index is 0.542. The van der Waals surface area contributed by atoms with E-state index in [4.69, 9.17) is 11.6 Å². The van der Waals surface area contributed by atoms with Crippen LogP contribution in [0.3, 0.4) is 0 Å². The molecule has 0 amide bonds. The second kappa shape index (κ2) is 5.38. The van der Waals surface area contributed by atoms with Crippen molar-refractivity contribution < 1.29 is 0 Å². The average molecular weight is 349 g/mol. The summed E-state index contributed by atoms with van der Waals surface area (Å²) in [6.07, 6.45) is 3.73. The third-order valence-corrected chi connectivity index (χ3v) is 3.38. The van der Waals surface area contributed by atoms with Crippen LogP contribution in [0.4, 0.5) is 0 Å². The Bertz CT molecular complexity index is 789. The zero-order valence-corrected chi connectivity index (χ0v) is 13.1. The van der Waals surface area contributed by atoms with Gasteiger partial charge < -0.3 is 0 Å². The standard InChI is InChI=1S/C15H11BrClN3/c1-10(16)7-12-9-18-20-14(17)8-13(19-15(12)20)11-5-3-2-4-6-11/h2-9H,1H3/b10-7+. The SMILES string of the molecule is C/C(Br)=C\c1cnn2c(Cl)cc(-c3ccccc3)nc12. The van der Waals surface area contributed by atoms with Crippen molar-refractivity contribution in [2.45, 2.75) is 6.92 Å². The van der Waals surface area contributed by atoms with Crippen LogP contribution >= 0.6 is 27.5 Å². The van der Waals surface area contributed by atoms with Crippen LogP contribution in [0.5, 0.6) is 0 Å². The van der Waals surface area contributed by atoms with Gasteiger partial charge in [0.15, 0.2) is 5.65 Å². The average Bonchev–Trinajstić information content (AvgIpc) is 2.83. The van der Waals surface area contributed by atoms with E-state index in [1.807, 2.05) is 49.4 Å². The Kier molecular flexibility index (Phi) is 3.59. The van der Waals surface area contributed by atoms with Gasteiger partial charge in [-0.2, -0.15) is 5.10 Å². The first kappa shape index (κ1) is 13.3. The molecule has 100 valence electrons. The molecule has 0 N–H and O–H groups in total. The molecule has 0 saturated carbocycles. The maximum absolute atomic E-state index is 6.29. The van der Waals surface area contributed by atoms with Crippen LogP contribution in [-0.2, 0) is 0 Å². The molecular weight excluding hydrogens is 338 g/mol. The van der Waals surface area contributed by atoms with Crippen LogP contribution in [0.2, 0.25) is 5.15 Å². The first-order valence-electron chi connectivity index (χ1n) is 6.08. The zero-order valence-electron chi connectivity index (χ0n) is 10.7.